The van der Waals surface area contributed by atoms with Crippen LogP contribution in [-0.2, 0) is 20.5 Å². The van der Waals surface area contributed by atoms with Crippen LogP contribution in [0.5, 0.6) is 0 Å². The quantitative estimate of drug-likeness (QED) is 0.267. The van der Waals surface area contributed by atoms with Gasteiger partial charge in [-0.25, -0.2) is 0 Å². The number of fused-ring (bicyclic) bond motifs is 2. The summed E-state index contributed by atoms with van der Waals surface area (Å²) >= 11 is -0.0156. The fourth-order valence-electron chi connectivity index (χ4n) is 3.16. The number of hydrogen-bond donors (Lipinski definition) is 4. The van der Waals surface area contributed by atoms with E-state index in [0.717, 1.165) is 0 Å². The first-order chi connectivity index (χ1) is 14.0. The summed E-state index contributed by atoms with van der Waals surface area (Å²) in [7, 11) is -2.02. The van der Waals surface area contributed by atoms with Crippen molar-refractivity contribution in [3.8, 4) is 0 Å². The molecule has 0 aromatic carbocycles. The molecule has 8 atom stereocenters. The van der Waals surface area contributed by atoms with Crippen molar-refractivity contribution < 1.29 is 29.0 Å². The predicted molar refractivity (Wildman–Crippen MR) is 130 cm³/mol. The number of rotatable bonds is 4. The van der Waals surface area contributed by atoms with Crippen LogP contribution in [0.3, 0.4) is 0 Å². The molecule has 4 N–H and O–H groups in total. The SMILES string of the molecule is CC(C)(C)[S@@+]([O-])N[C@@H]1C/C=C/C(O[Si](C)(C)C(C)(C)C)CS[C@H]2O[C@H]1[C@H](O)[C@H](O)[C@H]2O. The lowest BCUT2D eigenvalue weighted by Crippen LogP contribution is -2.63. The van der Waals surface area contributed by atoms with Crippen LogP contribution in [0.4, 0.5) is 0 Å². The lowest BCUT2D eigenvalue weighted by molar-refractivity contribution is -0.203. The van der Waals surface area contributed by atoms with Gasteiger partial charge in [-0.15, -0.1) is 16.5 Å². The van der Waals surface area contributed by atoms with Crippen molar-refractivity contribution in [2.24, 2.45) is 0 Å². The Bertz CT molecular complexity index is 624. The normalized spacial score (nSPS) is 37.9. The molecule has 0 saturated carbocycles. The van der Waals surface area contributed by atoms with Crippen molar-refractivity contribution in [1.29, 1.82) is 0 Å². The van der Waals surface area contributed by atoms with E-state index in [1.807, 2.05) is 32.9 Å². The van der Waals surface area contributed by atoms with E-state index < -0.39 is 60.3 Å². The van der Waals surface area contributed by atoms with Crippen molar-refractivity contribution in [3.63, 3.8) is 0 Å². The van der Waals surface area contributed by atoms with Gasteiger partial charge in [0, 0.05) is 17.1 Å². The standard InChI is InChI=1S/C21H41NO6S2Si/c1-20(2,3)30(26)22-14-11-9-10-13(28-31(7,8)21(4,5)6)12-29-19-17(25)15(23)16(24)18(14)27-19/h9-10,13-19,22-25H,11-12H2,1-8H3/b10-9+/t13?,14-,15+,16-,17-,18-,19-,30-/m1/s1. The molecule has 0 radical (unpaired) electrons. The Kier molecular flexibility index (Phi) is 9.20. The Morgan fingerprint density at radius 3 is 2.26 bits per heavy atom. The maximum absolute atomic E-state index is 12.8. The van der Waals surface area contributed by atoms with Gasteiger partial charge in [-0.3, -0.25) is 0 Å². The molecule has 31 heavy (non-hydrogen) atoms. The Balaban J connectivity index is 2.30. The first kappa shape index (κ1) is 27.6. The van der Waals surface area contributed by atoms with Crippen molar-refractivity contribution in [2.75, 3.05) is 5.75 Å². The van der Waals surface area contributed by atoms with Gasteiger partial charge in [-0.2, -0.15) is 0 Å². The van der Waals surface area contributed by atoms with Crippen molar-refractivity contribution >= 4 is 31.4 Å². The second kappa shape index (κ2) is 10.3. The highest BCUT2D eigenvalue weighted by Gasteiger charge is 2.48. The highest BCUT2D eigenvalue weighted by molar-refractivity contribution is 7.99. The zero-order valence-electron chi connectivity index (χ0n) is 20.0. The molecule has 1 saturated heterocycles. The van der Waals surface area contributed by atoms with E-state index in [0.29, 0.717) is 12.2 Å². The number of nitrogens with one attached hydrogen (secondary N) is 1. The van der Waals surface area contributed by atoms with Gasteiger partial charge in [0.2, 0.25) is 0 Å². The molecule has 0 spiro atoms. The van der Waals surface area contributed by atoms with E-state index in [9.17, 15) is 19.9 Å². The van der Waals surface area contributed by atoms with Gasteiger partial charge in [0.25, 0.3) is 0 Å². The Labute approximate surface area is 195 Å². The molecule has 2 rings (SSSR count). The van der Waals surface area contributed by atoms with E-state index in [-0.39, 0.29) is 11.1 Å². The smallest absolute Gasteiger partial charge is 0.192 e. The van der Waals surface area contributed by atoms with Gasteiger partial charge in [0.15, 0.2) is 8.32 Å². The first-order valence-corrected chi connectivity index (χ1v) is 16.0. The van der Waals surface area contributed by atoms with Gasteiger partial charge < -0.3 is 29.0 Å². The number of aliphatic hydroxyl groups is 3. The van der Waals surface area contributed by atoms with Gasteiger partial charge in [0.1, 0.15) is 34.6 Å². The second-order valence-electron chi connectivity index (χ2n) is 11.0. The number of thioether (sulfide) groups is 1. The lowest BCUT2D eigenvalue weighted by Gasteiger charge is -2.44. The summed E-state index contributed by atoms with van der Waals surface area (Å²) in [6.45, 7) is 16.6. The highest BCUT2D eigenvalue weighted by Crippen LogP contribution is 2.39. The summed E-state index contributed by atoms with van der Waals surface area (Å²) in [6, 6.07) is -0.497. The average molecular weight is 496 g/mol. The third-order valence-electron chi connectivity index (χ3n) is 6.24. The Morgan fingerprint density at radius 2 is 1.71 bits per heavy atom. The van der Waals surface area contributed by atoms with Gasteiger partial charge in [-0.05, 0) is 45.3 Å². The molecule has 2 aliphatic rings. The third-order valence-corrected chi connectivity index (χ3v) is 13.6. The topological polar surface area (TPSA) is 114 Å². The van der Waals surface area contributed by atoms with Crippen LogP contribution in [0, 0.1) is 0 Å². The maximum Gasteiger partial charge on any atom is 0.192 e. The third kappa shape index (κ3) is 6.94. The van der Waals surface area contributed by atoms with Crippen LogP contribution in [0.25, 0.3) is 0 Å². The minimum absolute atomic E-state index is 0.0563. The molecule has 7 nitrogen and oxygen atoms in total. The molecule has 0 aromatic rings. The van der Waals surface area contributed by atoms with Gasteiger partial charge >= 0.3 is 0 Å². The van der Waals surface area contributed by atoms with Gasteiger partial charge in [0.05, 0.1) is 12.1 Å². The van der Waals surface area contributed by atoms with E-state index in [1.54, 1.807) is 0 Å². The predicted octanol–water partition coefficient (Wildman–Crippen LogP) is 2.30. The molecule has 182 valence electrons. The lowest BCUT2D eigenvalue weighted by atomic mass is 9.93. The molecule has 0 amide bonds. The molecule has 10 heteroatoms. The van der Waals surface area contributed by atoms with Crippen LogP contribution in [0.15, 0.2) is 12.2 Å². The molecule has 1 unspecified atom stereocenters. The van der Waals surface area contributed by atoms with E-state index in [4.69, 9.17) is 9.16 Å². The molecular formula is C21H41NO6S2Si. The summed E-state index contributed by atoms with van der Waals surface area (Å²) in [5, 5.41) is 31.6. The number of ether oxygens (including phenoxy) is 1. The van der Waals surface area contributed by atoms with E-state index in [1.165, 1.54) is 11.8 Å². The Hall–Kier alpha value is 0.377. The molecule has 0 aromatic heterocycles. The largest absolute Gasteiger partial charge is 0.598 e. The molecule has 2 bridgehead atoms. The van der Waals surface area contributed by atoms with E-state index >= 15 is 0 Å². The van der Waals surface area contributed by atoms with Gasteiger partial charge in [-0.1, -0.05) is 32.9 Å². The zero-order chi connectivity index (χ0) is 23.8. The van der Waals surface area contributed by atoms with Crippen LogP contribution < -0.4 is 4.72 Å². The Morgan fingerprint density at radius 1 is 1.10 bits per heavy atom. The number of hydrogen-bond acceptors (Lipinski definition) is 8. The van der Waals surface area contributed by atoms with Crippen molar-refractivity contribution in [2.45, 2.75) is 113 Å². The summed E-state index contributed by atoms with van der Waals surface area (Å²) in [5.41, 5.74) is -0.715. The minimum atomic E-state index is -2.02. The van der Waals surface area contributed by atoms with E-state index in [2.05, 4.69) is 38.6 Å². The molecule has 0 aliphatic carbocycles. The van der Waals surface area contributed by atoms with Crippen LogP contribution in [-0.4, -0.2) is 80.7 Å². The molecular weight excluding hydrogens is 454 g/mol. The van der Waals surface area contributed by atoms with Crippen molar-refractivity contribution in [3.05, 3.63) is 12.2 Å². The monoisotopic (exact) mass is 495 g/mol. The highest BCUT2D eigenvalue weighted by atomic mass is 32.2. The summed E-state index contributed by atoms with van der Waals surface area (Å²) in [6.07, 6.45) is -0.369. The van der Waals surface area contributed by atoms with Crippen molar-refractivity contribution in [1.82, 2.24) is 4.72 Å². The summed E-state index contributed by atoms with van der Waals surface area (Å²) < 4.78 is 28.0. The zero-order valence-corrected chi connectivity index (χ0v) is 22.6. The molecule has 2 aliphatic heterocycles. The summed E-state index contributed by atoms with van der Waals surface area (Å²) in [4.78, 5) is 0. The number of aliphatic hydroxyl groups excluding tert-OH is 3. The second-order valence-corrected chi connectivity index (χ2v) is 18.8. The average Bonchev–Trinajstić information content (AvgIpc) is 2.62. The molecule has 2 heterocycles. The minimum Gasteiger partial charge on any atom is -0.598 e. The summed E-state index contributed by atoms with van der Waals surface area (Å²) in [5.74, 6) is 0.562. The first-order valence-electron chi connectivity index (χ1n) is 10.9. The molecule has 1 fully saturated rings. The fourth-order valence-corrected chi connectivity index (χ4v) is 6.53. The van der Waals surface area contributed by atoms with Crippen LogP contribution >= 0.6 is 11.8 Å². The fraction of sp³-hybridized carbons (Fsp3) is 0.905. The maximum atomic E-state index is 12.8. The van der Waals surface area contributed by atoms with Crippen LogP contribution in [0.2, 0.25) is 18.1 Å². The van der Waals surface area contributed by atoms with Crippen LogP contribution in [0.1, 0.15) is 48.0 Å².